The summed E-state index contributed by atoms with van der Waals surface area (Å²) in [4.78, 5) is 11.6. The first kappa shape index (κ1) is 11.9. The number of hydrogen-bond donors (Lipinski definition) is 2. The van der Waals surface area contributed by atoms with E-state index in [-0.39, 0.29) is 5.91 Å². The van der Waals surface area contributed by atoms with Gasteiger partial charge < -0.3 is 15.4 Å². The van der Waals surface area contributed by atoms with Crippen LogP contribution in [0.15, 0.2) is 24.3 Å². The molecule has 0 aliphatic carbocycles. The number of thiocarbonyl (C=S) groups is 1. The molecule has 1 heterocycles. The molecule has 17 heavy (non-hydrogen) atoms. The smallest absolute Gasteiger partial charge is 0.253 e. The largest absolute Gasteiger partial charge is 0.494 e. The molecule has 1 fully saturated rings. The first-order valence-corrected chi connectivity index (χ1v) is 5.95. The summed E-state index contributed by atoms with van der Waals surface area (Å²) in [6.07, 6.45) is 0.955. The van der Waals surface area contributed by atoms with E-state index in [2.05, 4.69) is 10.6 Å². The monoisotopic (exact) mass is 250 g/mol. The van der Waals surface area contributed by atoms with E-state index in [9.17, 15) is 4.79 Å². The van der Waals surface area contributed by atoms with Crippen LogP contribution in [0.1, 0.15) is 24.9 Å². The molecular formula is C12H14N2O2S. The normalized spacial score (nSPS) is 18.8. The second kappa shape index (κ2) is 5.14. The molecule has 1 saturated heterocycles. The zero-order valence-electron chi connectivity index (χ0n) is 9.53. The minimum absolute atomic E-state index is 0.123. The van der Waals surface area contributed by atoms with Crippen molar-refractivity contribution >= 4 is 23.2 Å². The van der Waals surface area contributed by atoms with Gasteiger partial charge in [0.1, 0.15) is 11.8 Å². The van der Waals surface area contributed by atoms with Crippen molar-refractivity contribution in [1.82, 2.24) is 10.6 Å². The van der Waals surface area contributed by atoms with Crippen LogP contribution < -0.4 is 15.4 Å². The highest BCUT2D eigenvalue weighted by Crippen LogP contribution is 2.21. The summed E-state index contributed by atoms with van der Waals surface area (Å²) in [6, 6.07) is 7.08. The molecule has 0 aromatic heterocycles. The van der Waals surface area contributed by atoms with Gasteiger partial charge in [0.15, 0.2) is 5.11 Å². The van der Waals surface area contributed by atoms with Gasteiger partial charge in [0.25, 0.3) is 5.91 Å². The molecule has 1 amide bonds. The highest BCUT2D eigenvalue weighted by atomic mass is 32.1. The molecule has 4 nitrogen and oxygen atoms in total. The average Bonchev–Trinajstić information content (AvgIpc) is 2.66. The third kappa shape index (κ3) is 2.74. The molecule has 2 rings (SSSR count). The van der Waals surface area contributed by atoms with Crippen LogP contribution in [-0.2, 0) is 4.79 Å². The molecular weight excluding hydrogens is 236 g/mol. The number of rotatable bonds is 4. The predicted octanol–water partition coefficient (Wildman–Crippen LogP) is 1.52. The number of amides is 1. The maximum atomic E-state index is 11.6. The van der Waals surface area contributed by atoms with E-state index < -0.39 is 6.04 Å². The Hall–Kier alpha value is -1.62. The zero-order valence-corrected chi connectivity index (χ0v) is 10.3. The molecule has 1 aliphatic heterocycles. The van der Waals surface area contributed by atoms with Crippen LogP contribution in [0.4, 0.5) is 0 Å². The highest BCUT2D eigenvalue weighted by Gasteiger charge is 2.28. The third-order valence-electron chi connectivity index (χ3n) is 2.44. The number of nitrogens with one attached hydrogen (secondary N) is 2. The van der Waals surface area contributed by atoms with E-state index in [1.54, 1.807) is 0 Å². The fraction of sp³-hybridized carbons (Fsp3) is 0.333. The van der Waals surface area contributed by atoms with Crippen molar-refractivity contribution in [2.24, 2.45) is 0 Å². The van der Waals surface area contributed by atoms with Crippen molar-refractivity contribution in [3.63, 3.8) is 0 Å². The lowest BCUT2D eigenvalue weighted by Crippen LogP contribution is -2.21. The van der Waals surface area contributed by atoms with Gasteiger partial charge in [-0.15, -0.1) is 0 Å². The van der Waals surface area contributed by atoms with Gasteiger partial charge in [-0.2, -0.15) is 0 Å². The zero-order chi connectivity index (χ0) is 12.3. The molecule has 5 heteroatoms. The van der Waals surface area contributed by atoms with E-state index >= 15 is 0 Å². The molecule has 0 spiro atoms. The van der Waals surface area contributed by atoms with Crippen LogP contribution in [0, 0.1) is 0 Å². The first-order valence-electron chi connectivity index (χ1n) is 5.55. The Morgan fingerprint density at radius 1 is 1.47 bits per heavy atom. The molecule has 1 aromatic rings. The molecule has 1 aromatic carbocycles. The van der Waals surface area contributed by atoms with E-state index in [0.29, 0.717) is 11.7 Å². The number of benzene rings is 1. The van der Waals surface area contributed by atoms with Gasteiger partial charge in [-0.05, 0) is 36.3 Å². The summed E-state index contributed by atoms with van der Waals surface area (Å²) in [5.74, 6) is 0.652. The molecule has 0 radical (unpaired) electrons. The Morgan fingerprint density at radius 2 is 2.29 bits per heavy atom. The van der Waals surface area contributed by atoms with Gasteiger partial charge in [-0.3, -0.25) is 4.79 Å². The van der Waals surface area contributed by atoms with Crippen molar-refractivity contribution < 1.29 is 9.53 Å². The van der Waals surface area contributed by atoms with E-state index in [1.165, 1.54) is 0 Å². The Kier molecular flexibility index (Phi) is 3.58. The van der Waals surface area contributed by atoms with Crippen LogP contribution in [0.25, 0.3) is 0 Å². The first-order chi connectivity index (χ1) is 8.20. The number of hydrogen-bond acceptors (Lipinski definition) is 3. The maximum Gasteiger partial charge on any atom is 0.253 e. The second-order valence-electron chi connectivity index (χ2n) is 3.82. The fourth-order valence-electron chi connectivity index (χ4n) is 1.66. The summed E-state index contributed by atoms with van der Waals surface area (Å²) in [7, 11) is 0. The van der Waals surface area contributed by atoms with Crippen molar-refractivity contribution in [3.05, 3.63) is 29.8 Å². The lowest BCUT2D eigenvalue weighted by Gasteiger charge is -2.10. The molecule has 2 N–H and O–H groups in total. The lowest BCUT2D eigenvalue weighted by molar-refractivity contribution is -0.120. The van der Waals surface area contributed by atoms with E-state index in [1.807, 2.05) is 31.2 Å². The third-order valence-corrected chi connectivity index (χ3v) is 2.66. The van der Waals surface area contributed by atoms with Crippen LogP contribution in [0.2, 0.25) is 0 Å². The van der Waals surface area contributed by atoms with Crippen LogP contribution >= 0.6 is 12.2 Å². The Balaban J connectivity index is 2.15. The van der Waals surface area contributed by atoms with Crippen LogP contribution in [0.5, 0.6) is 5.75 Å². The quantitative estimate of drug-likeness (QED) is 0.796. The summed E-state index contributed by atoms with van der Waals surface area (Å²) >= 11 is 4.90. The number of carbonyl (C=O) groups excluding carboxylic acids is 1. The van der Waals surface area contributed by atoms with Crippen LogP contribution in [0.3, 0.4) is 0 Å². The highest BCUT2D eigenvalue weighted by molar-refractivity contribution is 7.80. The lowest BCUT2D eigenvalue weighted by atomic mass is 10.1. The standard InChI is InChI=1S/C12H14N2O2S/c1-2-6-16-9-5-3-4-8(7-9)10-11(15)14-12(17)13-10/h3-5,7,10H,2,6H2,1H3,(H2,13,14,15,17). The van der Waals surface area contributed by atoms with E-state index in [0.717, 1.165) is 17.7 Å². The molecule has 90 valence electrons. The van der Waals surface area contributed by atoms with E-state index in [4.69, 9.17) is 17.0 Å². The van der Waals surface area contributed by atoms with Crippen molar-refractivity contribution in [2.45, 2.75) is 19.4 Å². The van der Waals surface area contributed by atoms with Crippen molar-refractivity contribution in [2.75, 3.05) is 6.61 Å². The Labute approximate surface area is 105 Å². The topological polar surface area (TPSA) is 50.4 Å². The minimum Gasteiger partial charge on any atom is -0.494 e. The minimum atomic E-state index is -0.410. The molecule has 0 saturated carbocycles. The van der Waals surface area contributed by atoms with Crippen molar-refractivity contribution in [3.8, 4) is 5.75 Å². The van der Waals surface area contributed by atoms with Gasteiger partial charge in [0.2, 0.25) is 0 Å². The number of ether oxygens (including phenoxy) is 1. The summed E-state index contributed by atoms with van der Waals surface area (Å²) in [5, 5.41) is 5.86. The summed E-state index contributed by atoms with van der Waals surface area (Å²) in [5.41, 5.74) is 0.857. The fourth-order valence-corrected chi connectivity index (χ4v) is 1.87. The molecule has 1 aliphatic rings. The summed E-state index contributed by atoms with van der Waals surface area (Å²) in [6.45, 7) is 2.72. The van der Waals surface area contributed by atoms with Gasteiger partial charge in [-0.25, -0.2) is 0 Å². The Morgan fingerprint density at radius 3 is 2.94 bits per heavy atom. The summed E-state index contributed by atoms with van der Waals surface area (Å²) < 4.78 is 5.53. The van der Waals surface area contributed by atoms with Gasteiger partial charge in [-0.1, -0.05) is 19.1 Å². The van der Waals surface area contributed by atoms with Gasteiger partial charge in [0, 0.05) is 0 Å². The average molecular weight is 250 g/mol. The Bertz CT molecular complexity index is 448. The van der Waals surface area contributed by atoms with Crippen LogP contribution in [-0.4, -0.2) is 17.6 Å². The second-order valence-corrected chi connectivity index (χ2v) is 4.22. The SMILES string of the molecule is CCCOc1cccc(C2NC(=S)NC2=O)c1. The van der Waals surface area contributed by atoms with Gasteiger partial charge in [0.05, 0.1) is 6.61 Å². The van der Waals surface area contributed by atoms with Crippen molar-refractivity contribution in [1.29, 1.82) is 0 Å². The molecule has 1 atom stereocenters. The van der Waals surface area contributed by atoms with Gasteiger partial charge >= 0.3 is 0 Å². The predicted molar refractivity (Wildman–Crippen MR) is 68.8 cm³/mol. The molecule has 1 unspecified atom stereocenters. The molecule has 0 bridgehead atoms. The number of carbonyl (C=O) groups is 1. The maximum absolute atomic E-state index is 11.6.